The Balaban J connectivity index is 1.75. The van der Waals surface area contributed by atoms with Gasteiger partial charge in [0.15, 0.2) is 11.6 Å². The number of amides is 1. The van der Waals surface area contributed by atoms with Crippen LogP contribution >= 0.6 is 15.9 Å². The number of aliphatic hydroxyl groups is 1. The first kappa shape index (κ1) is 23.9. The van der Waals surface area contributed by atoms with Gasteiger partial charge >= 0.3 is 0 Å². The monoisotopic (exact) mass is 523 g/mol. The molecule has 176 valence electrons. The van der Waals surface area contributed by atoms with Crippen molar-refractivity contribution in [3.05, 3.63) is 100 Å². The Kier molecular flexibility index (Phi) is 7.62. The number of benzene rings is 3. The Morgan fingerprint density at radius 2 is 1.79 bits per heavy atom. The van der Waals surface area contributed by atoms with Crippen LogP contribution in [0, 0.1) is 0 Å². The number of hydrogen-bond donors (Lipinski definition) is 3. The highest BCUT2D eigenvalue weighted by molar-refractivity contribution is 9.10. The van der Waals surface area contributed by atoms with E-state index in [0.29, 0.717) is 30.2 Å². The van der Waals surface area contributed by atoms with Crippen molar-refractivity contribution in [3.8, 4) is 5.75 Å². The smallest absolute Gasteiger partial charge is 0.266 e. The summed E-state index contributed by atoms with van der Waals surface area (Å²) >= 11 is 3.59. The predicted octanol–water partition coefficient (Wildman–Crippen LogP) is 3.70. The molecule has 3 aromatic rings. The zero-order chi connectivity index (χ0) is 24.0. The first-order valence-corrected chi connectivity index (χ1v) is 11.8. The van der Waals surface area contributed by atoms with Crippen LogP contribution in [0.4, 0.5) is 0 Å². The van der Waals surface area contributed by atoms with E-state index in [-0.39, 0.29) is 13.0 Å². The number of halogens is 1. The van der Waals surface area contributed by atoms with Gasteiger partial charge in [0.2, 0.25) is 5.90 Å². The summed E-state index contributed by atoms with van der Waals surface area (Å²) in [5.41, 5.74) is 3.45. The Labute approximate surface area is 206 Å². The summed E-state index contributed by atoms with van der Waals surface area (Å²) in [5, 5.41) is 8.93. The van der Waals surface area contributed by atoms with Crippen molar-refractivity contribution in [2.75, 3.05) is 13.2 Å². The third-order valence-corrected chi connectivity index (χ3v) is 6.45. The maximum Gasteiger partial charge on any atom is 0.266 e. The molecule has 7 nitrogen and oxygen atoms in total. The second-order valence-corrected chi connectivity index (χ2v) is 8.80. The molecule has 1 heterocycles. The SMILES string of the molecule is NNC(=O)[C@@]1(Cc2ccccc2Br)N=C(c2ccc(OCCCO)cc2)O[C@H]1c1ccccc1. The molecule has 1 aliphatic rings. The van der Waals surface area contributed by atoms with Crippen molar-refractivity contribution in [3.63, 3.8) is 0 Å². The van der Waals surface area contributed by atoms with Gasteiger partial charge in [-0.25, -0.2) is 10.8 Å². The molecule has 1 aliphatic heterocycles. The minimum absolute atomic E-state index is 0.0758. The van der Waals surface area contributed by atoms with Gasteiger partial charge in [-0.3, -0.25) is 10.2 Å². The average Bonchev–Trinajstić information content (AvgIpc) is 3.26. The van der Waals surface area contributed by atoms with Gasteiger partial charge in [0.25, 0.3) is 5.91 Å². The van der Waals surface area contributed by atoms with Crippen LogP contribution in [0.1, 0.15) is 29.2 Å². The minimum atomic E-state index is -1.31. The number of nitrogens with zero attached hydrogens (tertiary/aromatic N) is 1. The fourth-order valence-corrected chi connectivity index (χ4v) is 4.39. The molecule has 0 fully saturated rings. The van der Waals surface area contributed by atoms with Gasteiger partial charge in [0, 0.05) is 29.5 Å². The summed E-state index contributed by atoms with van der Waals surface area (Å²) in [6.07, 6.45) is 0.158. The molecule has 34 heavy (non-hydrogen) atoms. The number of nitrogens with two attached hydrogens (primary N) is 1. The molecule has 0 radical (unpaired) electrons. The van der Waals surface area contributed by atoms with Gasteiger partial charge < -0.3 is 14.6 Å². The van der Waals surface area contributed by atoms with E-state index in [9.17, 15) is 4.79 Å². The van der Waals surface area contributed by atoms with E-state index in [1.165, 1.54) is 0 Å². The molecule has 4 rings (SSSR count). The van der Waals surface area contributed by atoms with E-state index in [4.69, 9.17) is 25.4 Å². The number of aliphatic imine (C=N–C) groups is 1. The van der Waals surface area contributed by atoms with Crippen molar-refractivity contribution >= 4 is 27.7 Å². The lowest BCUT2D eigenvalue weighted by Gasteiger charge is -2.30. The quantitative estimate of drug-likeness (QED) is 0.171. The molecule has 8 heteroatoms. The summed E-state index contributed by atoms with van der Waals surface area (Å²) in [4.78, 5) is 18.2. The van der Waals surface area contributed by atoms with Gasteiger partial charge in [-0.05, 0) is 41.5 Å². The van der Waals surface area contributed by atoms with Crippen molar-refractivity contribution in [1.29, 1.82) is 0 Å². The molecule has 0 aliphatic carbocycles. The second-order valence-electron chi connectivity index (χ2n) is 7.94. The maximum absolute atomic E-state index is 13.3. The van der Waals surface area contributed by atoms with Crippen molar-refractivity contribution in [1.82, 2.24) is 5.43 Å². The molecule has 0 aromatic heterocycles. The van der Waals surface area contributed by atoms with Crippen LogP contribution in [-0.4, -0.2) is 35.7 Å². The van der Waals surface area contributed by atoms with Crippen LogP contribution in [0.5, 0.6) is 5.75 Å². The molecule has 2 atom stereocenters. The number of rotatable bonds is 9. The Morgan fingerprint density at radius 1 is 1.09 bits per heavy atom. The van der Waals surface area contributed by atoms with E-state index in [1.807, 2.05) is 78.9 Å². The van der Waals surface area contributed by atoms with Gasteiger partial charge in [-0.15, -0.1) is 0 Å². The highest BCUT2D eigenvalue weighted by Gasteiger charge is 2.53. The Hall–Kier alpha value is -3.20. The van der Waals surface area contributed by atoms with Crippen molar-refractivity contribution < 1.29 is 19.4 Å². The number of carbonyl (C=O) groups excluding carboxylic acids is 1. The highest BCUT2D eigenvalue weighted by Crippen LogP contribution is 2.43. The number of hydrazine groups is 1. The van der Waals surface area contributed by atoms with Gasteiger partial charge in [-0.2, -0.15) is 0 Å². The van der Waals surface area contributed by atoms with Gasteiger partial charge in [0.1, 0.15) is 5.75 Å². The first-order chi connectivity index (χ1) is 16.6. The van der Waals surface area contributed by atoms with Crippen LogP contribution in [0.2, 0.25) is 0 Å². The standard InChI is InChI=1S/C26H26BrN3O4/c27-22-10-5-4-9-20(22)17-26(25(32)30-28)23(18-7-2-1-3-8-18)34-24(29-26)19-11-13-21(14-12-19)33-16-6-15-31/h1-5,7-14,23,31H,6,15-17,28H2,(H,30,32)/t23-,26-/m0/s1. The summed E-state index contributed by atoms with van der Waals surface area (Å²) in [7, 11) is 0. The first-order valence-electron chi connectivity index (χ1n) is 11.0. The van der Waals surface area contributed by atoms with Gasteiger partial charge in [0.05, 0.1) is 6.61 Å². The summed E-state index contributed by atoms with van der Waals surface area (Å²) in [6, 6.07) is 24.6. The Morgan fingerprint density at radius 3 is 2.47 bits per heavy atom. The average molecular weight is 524 g/mol. The Bertz CT molecular complexity index is 1150. The largest absolute Gasteiger partial charge is 0.494 e. The van der Waals surface area contributed by atoms with Crippen LogP contribution in [-0.2, 0) is 16.0 Å². The number of hydrogen-bond acceptors (Lipinski definition) is 6. The fourth-order valence-electron chi connectivity index (χ4n) is 3.97. The number of carbonyl (C=O) groups is 1. The third kappa shape index (κ3) is 4.99. The highest BCUT2D eigenvalue weighted by atomic mass is 79.9. The van der Waals surface area contributed by atoms with E-state index < -0.39 is 17.6 Å². The van der Waals surface area contributed by atoms with Crippen molar-refractivity contribution in [2.45, 2.75) is 24.5 Å². The third-order valence-electron chi connectivity index (χ3n) is 5.68. The molecular weight excluding hydrogens is 498 g/mol. The zero-order valence-electron chi connectivity index (χ0n) is 18.5. The molecule has 0 saturated carbocycles. The molecule has 1 amide bonds. The summed E-state index contributed by atoms with van der Waals surface area (Å²) < 4.78 is 12.9. The lowest BCUT2D eigenvalue weighted by Crippen LogP contribution is -2.52. The van der Waals surface area contributed by atoms with Crippen LogP contribution < -0.4 is 16.0 Å². The molecular formula is C26H26BrN3O4. The van der Waals surface area contributed by atoms with E-state index >= 15 is 0 Å². The second kappa shape index (κ2) is 10.8. The summed E-state index contributed by atoms with van der Waals surface area (Å²) in [6.45, 7) is 0.502. The lowest BCUT2D eigenvalue weighted by atomic mass is 9.82. The minimum Gasteiger partial charge on any atom is -0.494 e. The van der Waals surface area contributed by atoms with E-state index in [0.717, 1.165) is 15.6 Å². The number of ether oxygens (including phenoxy) is 2. The maximum atomic E-state index is 13.3. The molecule has 4 N–H and O–H groups in total. The van der Waals surface area contributed by atoms with Crippen LogP contribution in [0.3, 0.4) is 0 Å². The van der Waals surface area contributed by atoms with Crippen molar-refractivity contribution in [2.24, 2.45) is 10.8 Å². The topological polar surface area (TPSA) is 106 Å². The number of aliphatic hydroxyl groups excluding tert-OH is 1. The zero-order valence-corrected chi connectivity index (χ0v) is 20.1. The van der Waals surface area contributed by atoms with Crippen LogP contribution in [0.25, 0.3) is 0 Å². The molecule has 0 saturated heterocycles. The molecule has 0 bridgehead atoms. The van der Waals surface area contributed by atoms with Crippen LogP contribution in [0.15, 0.2) is 88.3 Å². The fraction of sp³-hybridized carbons (Fsp3) is 0.231. The molecule has 0 spiro atoms. The lowest BCUT2D eigenvalue weighted by molar-refractivity contribution is -0.129. The molecule has 3 aromatic carbocycles. The van der Waals surface area contributed by atoms with E-state index in [1.54, 1.807) is 0 Å². The molecule has 0 unspecified atom stereocenters. The normalized spacial score (nSPS) is 19.3. The summed E-state index contributed by atoms with van der Waals surface area (Å²) in [5.74, 6) is 6.26. The number of nitrogens with one attached hydrogen (secondary N) is 1. The predicted molar refractivity (Wildman–Crippen MR) is 133 cm³/mol. The van der Waals surface area contributed by atoms with Gasteiger partial charge in [-0.1, -0.05) is 64.5 Å². The van der Waals surface area contributed by atoms with E-state index in [2.05, 4.69) is 21.4 Å².